The van der Waals surface area contributed by atoms with Gasteiger partial charge in [0, 0.05) is 18.4 Å². The Kier molecular flexibility index (Phi) is 6.44. The highest BCUT2D eigenvalue weighted by Crippen LogP contribution is 2.57. The van der Waals surface area contributed by atoms with Crippen LogP contribution in [0.3, 0.4) is 0 Å². The van der Waals surface area contributed by atoms with Gasteiger partial charge in [0.05, 0.1) is 5.92 Å². The molecule has 0 aromatic carbocycles. The summed E-state index contributed by atoms with van der Waals surface area (Å²) in [6.45, 7) is 9.19. The van der Waals surface area contributed by atoms with Crippen molar-refractivity contribution >= 4 is 11.6 Å². The molecule has 28 heavy (non-hydrogen) atoms. The highest BCUT2D eigenvalue weighted by molar-refractivity contribution is 6.04. The molecule has 160 valence electrons. The van der Waals surface area contributed by atoms with Gasteiger partial charge >= 0.3 is 0 Å². The molecule has 3 saturated carbocycles. The molecule has 0 bridgehead atoms. The average Bonchev–Trinajstić information content (AvgIpc) is 2.61. The molecule has 3 rings (SSSR count). The van der Waals surface area contributed by atoms with Crippen LogP contribution in [0, 0.1) is 28.1 Å². The number of carbonyl (C=O) groups excluding carboxylic acids is 2. The third-order valence-electron chi connectivity index (χ3n) is 9.18. The second kappa shape index (κ2) is 8.20. The van der Waals surface area contributed by atoms with Crippen molar-refractivity contribution in [3.05, 3.63) is 0 Å². The Morgan fingerprint density at radius 3 is 2.07 bits per heavy atom. The van der Waals surface area contributed by atoms with Gasteiger partial charge in [-0.25, -0.2) is 0 Å². The molecule has 4 atom stereocenters. The lowest BCUT2D eigenvalue weighted by atomic mass is 9.52. The van der Waals surface area contributed by atoms with Crippen LogP contribution < -0.4 is 5.73 Å². The van der Waals surface area contributed by atoms with Crippen LogP contribution >= 0.6 is 0 Å². The molecule has 3 aliphatic carbocycles. The van der Waals surface area contributed by atoms with E-state index in [0.29, 0.717) is 18.3 Å². The summed E-state index contributed by atoms with van der Waals surface area (Å²) in [5.41, 5.74) is 6.64. The van der Waals surface area contributed by atoms with Crippen LogP contribution in [0.5, 0.6) is 0 Å². The summed E-state index contributed by atoms with van der Waals surface area (Å²) >= 11 is 0. The zero-order valence-electron chi connectivity index (χ0n) is 18.8. The number of hydrogen-bond acceptors (Lipinski definition) is 3. The fraction of sp³-hybridized carbons (Fsp3) is 0.920. The summed E-state index contributed by atoms with van der Waals surface area (Å²) in [6, 6.07) is -0.116. The molecule has 0 spiro atoms. The van der Waals surface area contributed by atoms with Gasteiger partial charge in [-0.2, -0.15) is 0 Å². The molecule has 0 aromatic rings. The lowest BCUT2D eigenvalue weighted by molar-refractivity contribution is -0.142. The zero-order valence-corrected chi connectivity index (χ0v) is 18.8. The van der Waals surface area contributed by atoms with Crippen molar-refractivity contribution in [3.8, 4) is 0 Å². The maximum atomic E-state index is 13.5. The van der Waals surface area contributed by atoms with E-state index in [1.54, 1.807) is 0 Å². The average molecular weight is 390 g/mol. The molecule has 3 fully saturated rings. The van der Waals surface area contributed by atoms with Crippen molar-refractivity contribution in [2.24, 2.45) is 33.8 Å². The number of carbonyl (C=O) groups is 2. The van der Waals surface area contributed by atoms with E-state index in [4.69, 9.17) is 5.73 Å². The largest absolute Gasteiger partial charge is 0.327 e. The van der Waals surface area contributed by atoms with E-state index in [2.05, 4.69) is 27.7 Å². The van der Waals surface area contributed by atoms with Gasteiger partial charge in [-0.05, 0) is 54.8 Å². The van der Waals surface area contributed by atoms with Crippen LogP contribution in [0.2, 0.25) is 0 Å². The van der Waals surface area contributed by atoms with Crippen molar-refractivity contribution in [3.63, 3.8) is 0 Å². The summed E-state index contributed by atoms with van der Waals surface area (Å²) in [4.78, 5) is 26.2. The number of Topliss-reactive ketones (excluding diaryl/α,β-unsaturated/α-hetero) is 2. The molecular weight excluding hydrogens is 346 g/mol. The molecule has 0 aliphatic heterocycles. The molecule has 2 N–H and O–H groups in total. The molecule has 0 saturated heterocycles. The van der Waals surface area contributed by atoms with Crippen LogP contribution in [0.15, 0.2) is 0 Å². The first-order valence-corrected chi connectivity index (χ1v) is 11.9. The third kappa shape index (κ3) is 4.25. The monoisotopic (exact) mass is 389 g/mol. The minimum Gasteiger partial charge on any atom is -0.327 e. The first kappa shape index (κ1) is 22.0. The van der Waals surface area contributed by atoms with Gasteiger partial charge in [-0.3, -0.25) is 9.59 Å². The van der Waals surface area contributed by atoms with E-state index < -0.39 is 5.92 Å². The Morgan fingerprint density at radius 1 is 0.857 bits per heavy atom. The van der Waals surface area contributed by atoms with Crippen molar-refractivity contribution in [2.45, 2.75) is 117 Å². The van der Waals surface area contributed by atoms with Gasteiger partial charge in [0.2, 0.25) is 0 Å². The molecule has 3 aliphatic rings. The van der Waals surface area contributed by atoms with Crippen molar-refractivity contribution in [1.29, 1.82) is 0 Å². The van der Waals surface area contributed by atoms with E-state index >= 15 is 0 Å². The zero-order chi connectivity index (χ0) is 20.6. The fourth-order valence-electron chi connectivity index (χ4n) is 6.54. The Labute approximate surface area is 172 Å². The first-order chi connectivity index (χ1) is 13.1. The Morgan fingerprint density at radius 2 is 1.43 bits per heavy atom. The number of ketones is 2. The fourth-order valence-corrected chi connectivity index (χ4v) is 6.54. The second-order valence-corrected chi connectivity index (χ2v) is 11.6. The van der Waals surface area contributed by atoms with Gasteiger partial charge in [-0.1, -0.05) is 66.2 Å². The molecule has 4 unspecified atom stereocenters. The molecule has 0 heterocycles. The summed E-state index contributed by atoms with van der Waals surface area (Å²) in [5, 5.41) is 0. The van der Waals surface area contributed by atoms with E-state index in [9.17, 15) is 9.59 Å². The minimum absolute atomic E-state index is 0.0695. The summed E-state index contributed by atoms with van der Waals surface area (Å²) < 4.78 is 0. The first-order valence-electron chi connectivity index (χ1n) is 11.9. The molecule has 3 nitrogen and oxygen atoms in total. The number of hydrogen-bond donors (Lipinski definition) is 1. The van der Waals surface area contributed by atoms with Gasteiger partial charge in [0.15, 0.2) is 0 Å². The van der Waals surface area contributed by atoms with Crippen molar-refractivity contribution < 1.29 is 9.59 Å². The molecule has 0 aromatic heterocycles. The van der Waals surface area contributed by atoms with Crippen LogP contribution in [0.25, 0.3) is 0 Å². The summed E-state index contributed by atoms with van der Waals surface area (Å²) in [5.74, 6) is -0.000934. The topological polar surface area (TPSA) is 60.2 Å². The van der Waals surface area contributed by atoms with Gasteiger partial charge in [0.1, 0.15) is 11.6 Å². The highest BCUT2D eigenvalue weighted by atomic mass is 16.2. The minimum atomic E-state index is -0.410. The maximum Gasteiger partial charge on any atom is 0.146 e. The highest BCUT2D eigenvalue weighted by Gasteiger charge is 2.50. The molecule has 3 heteroatoms. The van der Waals surface area contributed by atoms with Crippen LogP contribution in [0.1, 0.15) is 111 Å². The quantitative estimate of drug-likeness (QED) is 0.617. The van der Waals surface area contributed by atoms with Crippen LogP contribution in [-0.2, 0) is 9.59 Å². The van der Waals surface area contributed by atoms with Crippen LogP contribution in [0.4, 0.5) is 0 Å². The van der Waals surface area contributed by atoms with E-state index in [-0.39, 0.29) is 34.4 Å². The standard InChI is InChI=1S/C25H43NO2/c1-23(2)17-19(20(27)15-21(23)26)22(28)18-11-10-14-25(4,16-18)24(3)12-8-6-5-7-9-13-24/h18-19,21H,5-17,26H2,1-4H3. The van der Waals surface area contributed by atoms with E-state index in [0.717, 1.165) is 19.3 Å². The third-order valence-corrected chi connectivity index (χ3v) is 9.18. The Bertz CT molecular complexity index is 587. The SMILES string of the molecule is CC1(C)CC(C(=O)C2CCCC(C)(C3(C)CCCCCCC3)C2)C(=O)CC1N. The summed E-state index contributed by atoms with van der Waals surface area (Å²) in [7, 11) is 0. The van der Waals surface area contributed by atoms with Crippen molar-refractivity contribution in [1.82, 2.24) is 0 Å². The van der Waals surface area contributed by atoms with Gasteiger partial charge < -0.3 is 5.73 Å². The van der Waals surface area contributed by atoms with Gasteiger partial charge in [-0.15, -0.1) is 0 Å². The number of rotatable bonds is 3. The summed E-state index contributed by atoms with van der Waals surface area (Å²) in [6.07, 6.45) is 14.7. The normalized spacial score (nSPS) is 39.0. The maximum absolute atomic E-state index is 13.5. The Balaban J connectivity index is 1.74. The predicted octanol–water partition coefficient (Wildman–Crippen LogP) is 5.84. The predicted molar refractivity (Wildman–Crippen MR) is 115 cm³/mol. The van der Waals surface area contributed by atoms with E-state index in [1.165, 1.54) is 51.4 Å². The van der Waals surface area contributed by atoms with Gasteiger partial charge in [0.25, 0.3) is 0 Å². The number of nitrogens with two attached hydrogens (primary N) is 1. The second-order valence-electron chi connectivity index (χ2n) is 11.6. The molecule has 0 amide bonds. The van der Waals surface area contributed by atoms with E-state index in [1.807, 2.05) is 0 Å². The smallest absolute Gasteiger partial charge is 0.146 e. The molecule has 0 radical (unpaired) electrons. The van der Waals surface area contributed by atoms with Crippen LogP contribution in [-0.4, -0.2) is 17.6 Å². The Hall–Kier alpha value is -0.700. The molecular formula is C25H43NO2. The lowest BCUT2D eigenvalue weighted by Crippen LogP contribution is -2.50. The lowest BCUT2D eigenvalue weighted by Gasteiger charge is -2.52. The van der Waals surface area contributed by atoms with Crippen molar-refractivity contribution in [2.75, 3.05) is 0 Å².